The van der Waals surface area contributed by atoms with E-state index >= 15 is 0 Å². The molecule has 148 valence electrons. The zero-order chi connectivity index (χ0) is 20.5. The van der Waals surface area contributed by atoms with E-state index < -0.39 is 0 Å². The Labute approximate surface area is 172 Å². The summed E-state index contributed by atoms with van der Waals surface area (Å²) in [5.41, 5.74) is 5.14. The number of nitrogens with zero attached hydrogens (tertiary/aromatic N) is 3. The van der Waals surface area contributed by atoms with Gasteiger partial charge in [-0.3, -0.25) is 14.9 Å². The van der Waals surface area contributed by atoms with Gasteiger partial charge in [0.1, 0.15) is 5.69 Å². The molecule has 5 aromatic rings. The van der Waals surface area contributed by atoms with Gasteiger partial charge in [-0.1, -0.05) is 25.1 Å². The number of rotatable bonds is 5. The maximum Gasteiger partial charge on any atom is 0.281 e. The van der Waals surface area contributed by atoms with Gasteiger partial charge in [-0.25, -0.2) is 0 Å². The van der Waals surface area contributed by atoms with Crippen LogP contribution < -0.4 is 10.9 Å². The molecule has 5 rings (SSSR count). The second-order valence-corrected chi connectivity index (χ2v) is 7.13. The van der Waals surface area contributed by atoms with Gasteiger partial charge in [0.25, 0.3) is 5.56 Å². The monoisotopic (exact) mass is 396 g/mol. The average molecular weight is 396 g/mol. The molecule has 0 saturated heterocycles. The number of pyridine rings is 1. The first kappa shape index (κ1) is 18.2. The lowest BCUT2D eigenvalue weighted by atomic mass is 10.0. The fraction of sp³-hybridized carbons (Fsp3) is 0.130. The van der Waals surface area contributed by atoms with Crippen molar-refractivity contribution in [3.63, 3.8) is 0 Å². The van der Waals surface area contributed by atoms with E-state index in [1.165, 1.54) is 0 Å². The summed E-state index contributed by atoms with van der Waals surface area (Å²) in [6, 6.07) is 15.5. The van der Waals surface area contributed by atoms with Crippen LogP contribution in [0.5, 0.6) is 0 Å². The molecule has 2 aromatic carbocycles. The number of nitrogens with one attached hydrogen (secondary N) is 3. The molecule has 7 heteroatoms. The lowest BCUT2D eigenvalue weighted by Crippen LogP contribution is -2.11. The number of benzene rings is 2. The van der Waals surface area contributed by atoms with Crippen molar-refractivity contribution in [2.24, 2.45) is 0 Å². The van der Waals surface area contributed by atoms with Crippen LogP contribution in [0.1, 0.15) is 12.5 Å². The van der Waals surface area contributed by atoms with Crippen molar-refractivity contribution in [3.05, 3.63) is 76.8 Å². The smallest absolute Gasteiger partial charge is 0.281 e. The minimum atomic E-state index is -0.271. The lowest BCUT2D eigenvalue weighted by molar-refractivity contribution is 0.724. The Hall–Kier alpha value is -3.84. The molecule has 0 aliphatic carbocycles. The van der Waals surface area contributed by atoms with E-state index in [9.17, 15) is 4.79 Å². The first-order chi connectivity index (χ1) is 14.7. The molecule has 0 radical (unpaired) electrons. The molecule has 3 N–H and O–H groups in total. The molecule has 0 spiro atoms. The van der Waals surface area contributed by atoms with Crippen LogP contribution in [0.4, 0.5) is 0 Å². The van der Waals surface area contributed by atoms with Crippen molar-refractivity contribution in [1.82, 2.24) is 30.5 Å². The molecule has 0 aliphatic rings. The molecule has 0 fully saturated rings. The summed E-state index contributed by atoms with van der Waals surface area (Å²) in [5.74, 6) is 0.445. The second-order valence-electron chi connectivity index (χ2n) is 7.13. The van der Waals surface area contributed by atoms with E-state index in [1.54, 1.807) is 6.07 Å². The van der Waals surface area contributed by atoms with Crippen LogP contribution in [0.2, 0.25) is 0 Å². The fourth-order valence-corrected chi connectivity index (χ4v) is 3.59. The molecule has 3 heterocycles. The van der Waals surface area contributed by atoms with Crippen molar-refractivity contribution in [2.45, 2.75) is 13.5 Å². The summed E-state index contributed by atoms with van der Waals surface area (Å²) < 4.78 is 0. The number of aromatic nitrogens is 5. The van der Waals surface area contributed by atoms with Gasteiger partial charge in [0.2, 0.25) is 0 Å². The number of fused-ring (bicyclic) bond motifs is 2. The SMILES string of the molecule is CCNCc1cncc(-c2ccc3[nH]nc(-c4nc(=O)c5ccccc5[nH]4)c3c2)c1. The summed E-state index contributed by atoms with van der Waals surface area (Å²) in [4.78, 5) is 24.3. The van der Waals surface area contributed by atoms with Crippen LogP contribution in [0.3, 0.4) is 0 Å². The highest BCUT2D eigenvalue weighted by atomic mass is 16.1. The highest BCUT2D eigenvalue weighted by Crippen LogP contribution is 2.29. The Kier molecular flexibility index (Phi) is 4.57. The normalized spacial score (nSPS) is 11.4. The van der Waals surface area contributed by atoms with Crippen LogP contribution in [0.15, 0.2) is 65.7 Å². The summed E-state index contributed by atoms with van der Waals surface area (Å²) in [7, 11) is 0. The summed E-state index contributed by atoms with van der Waals surface area (Å²) in [5, 5.41) is 12.2. The first-order valence-electron chi connectivity index (χ1n) is 9.85. The standard InChI is InChI=1S/C23H20N6O/c1-2-24-11-14-9-16(13-25-12-14)15-7-8-20-18(10-15)21(29-28-20)22-26-19-6-4-3-5-17(19)23(30)27-22/h3-10,12-13,24H,2,11H2,1H3,(H,28,29)(H,26,27,30). The van der Waals surface area contributed by atoms with Crippen LogP contribution >= 0.6 is 0 Å². The van der Waals surface area contributed by atoms with E-state index in [0.717, 1.165) is 46.2 Å². The molecule has 0 bridgehead atoms. The van der Waals surface area contributed by atoms with Crippen molar-refractivity contribution in [2.75, 3.05) is 6.54 Å². The van der Waals surface area contributed by atoms with Crippen molar-refractivity contribution in [3.8, 4) is 22.6 Å². The minimum absolute atomic E-state index is 0.271. The Balaban J connectivity index is 1.62. The van der Waals surface area contributed by atoms with E-state index in [-0.39, 0.29) is 5.56 Å². The molecule has 3 aromatic heterocycles. The highest BCUT2D eigenvalue weighted by Gasteiger charge is 2.14. The number of hydrogen-bond acceptors (Lipinski definition) is 5. The highest BCUT2D eigenvalue weighted by molar-refractivity contribution is 5.95. The topological polar surface area (TPSA) is 99.3 Å². The van der Waals surface area contributed by atoms with Gasteiger partial charge in [0.05, 0.1) is 16.4 Å². The molecule has 0 unspecified atom stereocenters. The summed E-state index contributed by atoms with van der Waals surface area (Å²) >= 11 is 0. The molecule has 0 aliphatic heterocycles. The van der Waals surface area contributed by atoms with Crippen molar-refractivity contribution in [1.29, 1.82) is 0 Å². The quantitative estimate of drug-likeness (QED) is 0.421. The Morgan fingerprint density at radius 2 is 1.87 bits per heavy atom. The maximum atomic E-state index is 12.5. The summed E-state index contributed by atoms with van der Waals surface area (Å²) in [6.07, 6.45) is 3.73. The van der Waals surface area contributed by atoms with E-state index in [1.807, 2.05) is 42.7 Å². The Bertz CT molecular complexity index is 1420. The van der Waals surface area contributed by atoms with Crippen molar-refractivity contribution >= 4 is 21.8 Å². The van der Waals surface area contributed by atoms with Crippen LogP contribution in [-0.4, -0.2) is 31.7 Å². The molecule has 0 amide bonds. The van der Waals surface area contributed by atoms with Crippen molar-refractivity contribution < 1.29 is 0 Å². The third-order valence-corrected chi connectivity index (χ3v) is 5.12. The van der Waals surface area contributed by atoms with Crippen LogP contribution in [-0.2, 0) is 6.54 Å². The number of hydrogen-bond donors (Lipinski definition) is 3. The number of aromatic amines is 2. The third kappa shape index (κ3) is 3.25. The lowest BCUT2D eigenvalue weighted by Gasteiger charge is -2.06. The zero-order valence-corrected chi connectivity index (χ0v) is 16.4. The van der Waals surface area contributed by atoms with Crippen LogP contribution in [0, 0.1) is 0 Å². The predicted molar refractivity (Wildman–Crippen MR) is 118 cm³/mol. The fourth-order valence-electron chi connectivity index (χ4n) is 3.59. The summed E-state index contributed by atoms with van der Waals surface area (Å²) in [6.45, 7) is 3.76. The molecular formula is C23H20N6O. The van der Waals surface area contributed by atoms with Gasteiger partial charge in [-0.15, -0.1) is 0 Å². The van der Waals surface area contributed by atoms with E-state index in [0.29, 0.717) is 16.9 Å². The third-order valence-electron chi connectivity index (χ3n) is 5.12. The number of H-pyrrole nitrogens is 2. The predicted octanol–water partition coefficient (Wildman–Crippen LogP) is 3.64. The largest absolute Gasteiger partial charge is 0.338 e. The average Bonchev–Trinajstić information content (AvgIpc) is 3.21. The second kappa shape index (κ2) is 7.53. The molecule has 30 heavy (non-hydrogen) atoms. The Morgan fingerprint density at radius 1 is 0.967 bits per heavy atom. The van der Waals surface area contributed by atoms with E-state index in [2.05, 4.69) is 49.5 Å². The number of para-hydroxylation sites is 1. The van der Waals surface area contributed by atoms with Gasteiger partial charge in [-0.05, 0) is 48.0 Å². The van der Waals surface area contributed by atoms with Gasteiger partial charge in [-0.2, -0.15) is 10.1 Å². The molecule has 7 nitrogen and oxygen atoms in total. The van der Waals surface area contributed by atoms with Gasteiger partial charge >= 0.3 is 0 Å². The van der Waals surface area contributed by atoms with Gasteiger partial charge < -0.3 is 10.3 Å². The van der Waals surface area contributed by atoms with Gasteiger partial charge in [0, 0.05) is 29.9 Å². The molecule has 0 atom stereocenters. The van der Waals surface area contributed by atoms with E-state index in [4.69, 9.17) is 0 Å². The molecule has 0 saturated carbocycles. The van der Waals surface area contributed by atoms with Gasteiger partial charge in [0.15, 0.2) is 5.82 Å². The molecular weight excluding hydrogens is 376 g/mol. The first-order valence-corrected chi connectivity index (χ1v) is 9.85. The van der Waals surface area contributed by atoms with Crippen LogP contribution in [0.25, 0.3) is 44.5 Å². The zero-order valence-electron chi connectivity index (χ0n) is 16.4. The minimum Gasteiger partial charge on any atom is -0.338 e. The maximum absolute atomic E-state index is 12.5. The Morgan fingerprint density at radius 3 is 2.77 bits per heavy atom.